The first-order valence-corrected chi connectivity index (χ1v) is 8.85. The lowest BCUT2D eigenvalue weighted by molar-refractivity contribution is 0.415. The first kappa shape index (κ1) is 15.9. The number of nitrogens with zero attached hydrogens (tertiary/aromatic N) is 2. The number of aromatic nitrogens is 1. The molecular formula is C17H14IN3OS. The molecule has 0 bridgehead atoms. The van der Waals surface area contributed by atoms with Crippen LogP contribution in [0.15, 0.2) is 59.0 Å². The molecule has 1 N–H and O–H groups in total. The molecular weight excluding hydrogens is 421 g/mol. The van der Waals surface area contributed by atoms with Gasteiger partial charge in [0.2, 0.25) is 5.13 Å². The molecule has 4 nitrogen and oxygen atoms in total. The zero-order valence-corrected chi connectivity index (χ0v) is 15.3. The molecule has 1 heterocycles. The molecule has 0 saturated carbocycles. The van der Waals surface area contributed by atoms with E-state index in [1.54, 1.807) is 13.3 Å². The molecule has 0 aliphatic heterocycles. The van der Waals surface area contributed by atoms with Gasteiger partial charge in [0.05, 0.1) is 19.0 Å². The third-order valence-corrected chi connectivity index (χ3v) is 4.60. The minimum absolute atomic E-state index is 0.767. The zero-order chi connectivity index (χ0) is 16.1. The van der Waals surface area contributed by atoms with Gasteiger partial charge in [-0.25, -0.2) is 4.98 Å². The summed E-state index contributed by atoms with van der Waals surface area (Å²) in [6.07, 6.45) is 1.76. The number of rotatable bonds is 5. The summed E-state index contributed by atoms with van der Waals surface area (Å²) >= 11 is 3.82. The average molecular weight is 435 g/mol. The van der Waals surface area contributed by atoms with Crippen LogP contribution in [0.4, 0.5) is 5.13 Å². The lowest BCUT2D eigenvalue weighted by Crippen LogP contribution is -1.90. The number of hydrogen-bond donors (Lipinski definition) is 1. The van der Waals surface area contributed by atoms with Gasteiger partial charge < -0.3 is 4.74 Å². The molecule has 0 spiro atoms. The molecule has 0 atom stereocenters. The molecule has 0 unspecified atom stereocenters. The highest BCUT2D eigenvalue weighted by Gasteiger charge is 2.03. The molecule has 2 aromatic carbocycles. The van der Waals surface area contributed by atoms with Crippen molar-refractivity contribution in [2.24, 2.45) is 5.10 Å². The molecule has 3 aromatic rings. The molecule has 6 heteroatoms. The molecule has 0 saturated heterocycles. The summed E-state index contributed by atoms with van der Waals surface area (Å²) in [5, 5.41) is 7.01. The highest BCUT2D eigenvalue weighted by molar-refractivity contribution is 14.1. The summed E-state index contributed by atoms with van der Waals surface area (Å²) in [7, 11) is 1.65. The van der Waals surface area contributed by atoms with Crippen LogP contribution in [0.3, 0.4) is 0 Å². The van der Waals surface area contributed by atoms with Gasteiger partial charge in [-0.1, -0.05) is 12.1 Å². The highest BCUT2D eigenvalue weighted by atomic mass is 127. The SMILES string of the molecule is COc1ccc(C=NNc2nc(-c3ccc(I)cc3)cs2)cc1. The van der Waals surface area contributed by atoms with E-state index in [0.29, 0.717) is 0 Å². The number of anilines is 1. The number of methoxy groups -OCH3 is 1. The van der Waals surface area contributed by atoms with Crippen molar-refractivity contribution in [1.29, 1.82) is 0 Å². The third-order valence-electron chi connectivity index (χ3n) is 3.13. The van der Waals surface area contributed by atoms with Crippen LogP contribution in [0, 0.1) is 3.57 Å². The zero-order valence-electron chi connectivity index (χ0n) is 12.4. The smallest absolute Gasteiger partial charge is 0.203 e. The fourth-order valence-electron chi connectivity index (χ4n) is 1.93. The van der Waals surface area contributed by atoms with E-state index in [1.165, 1.54) is 14.9 Å². The second kappa shape index (κ2) is 7.56. The van der Waals surface area contributed by atoms with E-state index in [4.69, 9.17) is 4.74 Å². The van der Waals surface area contributed by atoms with Gasteiger partial charge in [0, 0.05) is 14.5 Å². The monoisotopic (exact) mass is 435 g/mol. The summed E-state index contributed by atoms with van der Waals surface area (Å²) in [6.45, 7) is 0. The Kier molecular flexibility index (Phi) is 5.24. The largest absolute Gasteiger partial charge is 0.497 e. The van der Waals surface area contributed by atoms with Crippen molar-refractivity contribution in [1.82, 2.24) is 4.98 Å². The van der Waals surface area contributed by atoms with Gasteiger partial charge in [-0.05, 0) is 64.6 Å². The Morgan fingerprint density at radius 3 is 2.57 bits per heavy atom. The predicted octanol–water partition coefficient (Wildman–Crippen LogP) is 4.87. The normalized spacial score (nSPS) is 10.9. The number of halogens is 1. The maximum atomic E-state index is 5.13. The van der Waals surface area contributed by atoms with Gasteiger partial charge >= 0.3 is 0 Å². The molecule has 0 aliphatic rings. The Labute approximate surface area is 152 Å². The summed E-state index contributed by atoms with van der Waals surface area (Å²) in [5.41, 5.74) is 6.02. The van der Waals surface area contributed by atoms with Crippen LogP contribution in [0.5, 0.6) is 5.75 Å². The summed E-state index contributed by atoms with van der Waals surface area (Å²) in [5.74, 6) is 0.831. The number of hydrogen-bond acceptors (Lipinski definition) is 5. The van der Waals surface area contributed by atoms with Gasteiger partial charge in [0.25, 0.3) is 0 Å². The molecule has 0 amide bonds. The van der Waals surface area contributed by atoms with Gasteiger partial charge in [-0.15, -0.1) is 11.3 Å². The van der Waals surface area contributed by atoms with Crippen LogP contribution < -0.4 is 10.2 Å². The van der Waals surface area contributed by atoms with Gasteiger partial charge in [0.15, 0.2) is 0 Å². The Hall–Kier alpha value is -1.93. The lowest BCUT2D eigenvalue weighted by atomic mass is 10.2. The number of thiazole rings is 1. The lowest BCUT2D eigenvalue weighted by Gasteiger charge is -1.99. The number of nitrogens with one attached hydrogen (secondary N) is 1. The van der Waals surface area contributed by atoms with Gasteiger partial charge in [-0.3, -0.25) is 5.43 Å². The van der Waals surface area contributed by atoms with Crippen LogP contribution in [0.1, 0.15) is 5.56 Å². The molecule has 0 fully saturated rings. The number of hydrazone groups is 1. The summed E-state index contributed by atoms with van der Waals surface area (Å²) in [4.78, 5) is 4.54. The van der Waals surface area contributed by atoms with Crippen LogP contribution >= 0.6 is 33.9 Å². The van der Waals surface area contributed by atoms with Crippen molar-refractivity contribution < 1.29 is 4.74 Å². The highest BCUT2D eigenvalue weighted by Crippen LogP contribution is 2.25. The Bertz CT molecular complexity index is 797. The van der Waals surface area contributed by atoms with Crippen molar-refractivity contribution in [3.8, 4) is 17.0 Å². The quantitative estimate of drug-likeness (QED) is 0.354. The van der Waals surface area contributed by atoms with E-state index in [9.17, 15) is 0 Å². The molecule has 3 rings (SSSR count). The maximum absolute atomic E-state index is 5.13. The molecule has 116 valence electrons. The Morgan fingerprint density at radius 1 is 1.13 bits per heavy atom. The molecule has 0 aliphatic carbocycles. The third kappa shape index (κ3) is 4.29. The molecule has 1 aromatic heterocycles. The van der Waals surface area contributed by atoms with Crippen molar-refractivity contribution in [3.05, 3.63) is 63.0 Å². The molecule has 23 heavy (non-hydrogen) atoms. The Balaban J connectivity index is 1.64. The van der Waals surface area contributed by atoms with Crippen molar-refractivity contribution >= 4 is 45.3 Å². The van der Waals surface area contributed by atoms with E-state index in [0.717, 1.165) is 27.7 Å². The average Bonchev–Trinajstić information content (AvgIpc) is 3.05. The van der Waals surface area contributed by atoms with Crippen LogP contribution in [-0.4, -0.2) is 18.3 Å². The van der Waals surface area contributed by atoms with E-state index in [2.05, 4.69) is 62.4 Å². The van der Waals surface area contributed by atoms with E-state index in [1.807, 2.05) is 29.6 Å². The Morgan fingerprint density at radius 2 is 1.87 bits per heavy atom. The van der Waals surface area contributed by atoms with Crippen LogP contribution in [0.2, 0.25) is 0 Å². The fourth-order valence-corrected chi connectivity index (χ4v) is 2.96. The summed E-state index contributed by atoms with van der Waals surface area (Å²) in [6, 6.07) is 16.0. The fraction of sp³-hybridized carbons (Fsp3) is 0.0588. The predicted molar refractivity (Wildman–Crippen MR) is 104 cm³/mol. The molecule has 0 radical (unpaired) electrons. The maximum Gasteiger partial charge on any atom is 0.203 e. The minimum Gasteiger partial charge on any atom is -0.497 e. The second-order valence-electron chi connectivity index (χ2n) is 4.69. The minimum atomic E-state index is 0.767. The first-order valence-electron chi connectivity index (χ1n) is 6.89. The van der Waals surface area contributed by atoms with Crippen molar-refractivity contribution in [2.45, 2.75) is 0 Å². The number of ether oxygens (including phenoxy) is 1. The van der Waals surface area contributed by atoms with E-state index in [-0.39, 0.29) is 0 Å². The van der Waals surface area contributed by atoms with E-state index < -0.39 is 0 Å². The summed E-state index contributed by atoms with van der Waals surface area (Å²) < 4.78 is 6.34. The van der Waals surface area contributed by atoms with Crippen LogP contribution in [-0.2, 0) is 0 Å². The van der Waals surface area contributed by atoms with Gasteiger partial charge in [-0.2, -0.15) is 5.10 Å². The van der Waals surface area contributed by atoms with E-state index >= 15 is 0 Å². The standard InChI is InChI=1S/C17H14IN3OS/c1-22-15-8-2-12(3-9-15)10-19-21-17-20-16(11-23-17)13-4-6-14(18)7-5-13/h2-11H,1H3,(H,20,21). The first-order chi connectivity index (χ1) is 11.2. The van der Waals surface area contributed by atoms with Crippen molar-refractivity contribution in [3.63, 3.8) is 0 Å². The van der Waals surface area contributed by atoms with Crippen molar-refractivity contribution in [2.75, 3.05) is 12.5 Å². The topological polar surface area (TPSA) is 46.5 Å². The van der Waals surface area contributed by atoms with Crippen LogP contribution in [0.25, 0.3) is 11.3 Å². The number of benzene rings is 2. The second-order valence-corrected chi connectivity index (χ2v) is 6.79. The van der Waals surface area contributed by atoms with Gasteiger partial charge in [0.1, 0.15) is 5.75 Å².